The number of hydrogen-bond acceptors (Lipinski definition) is 3. The maximum absolute atomic E-state index is 11.6. The van der Waals surface area contributed by atoms with Crippen molar-refractivity contribution in [3.8, 4) is 0 Å². The molecule has 88 valence electrons. The average molecular weight is 216 g/mol. The summed E-state index contributed by atoms with van der Waals surface area (Å²) in [5, 5.41) is 2.37. The molecule has 1 atom stereocenters. The van der Waals surface area contributed by atoms with Gasteiger partial charge in [0, 0.05) is 0 Å². The minimum absolute atomic E-state index is 0.0626. The first kappa shape index (κ1) is 13.7. The smallest absolute Gasteiger partial charge is 0.329 e. The fourth-order valence-electron chi connectivity index (χ4n) is 1.02. The Labute approximate surface area is 90.4 Å². The molecule has 0 aliphatic carbocycles. The summed E-state index contributed by atoms with van der Waals surface area (Å²) < 4.78 is 5.15. The number of hydrogen-bond donors (Lipinski definition) is 2. The fourth-order valence-corrected chi connectivity index (χ4v) is 1.02. The van der Waals surface area contributed by atoms with Gasteiger partial charge in [0.15, 0.2) is 0 Å². The molecule has 0 aromatic carbocycles. The van der Waals surface area contributed by atoms with E-state index < -0.39 is 23.6 Å². The van der Waals surface area contributed by atoms with Gasteiger partial charge in [0.2, 0.25) is 0 Å². The second kappa shape index (κ2) is 5.00. The number of esters is 1. The van der Waals surface area contributed by atoms with Crippen molar-refractivity contribution in [1.29, 1.82) is 0 Å². The quantitative estimate of drug-likeness (QED) is 0.691. The van der Waals surface area contributed by atoms with E-state index in [0.29, 0.717) is 0 Å². The van der Waals surface area contributed by atoms with Crippen LogP contribution in [0.3, 0.4) is 0 Å². The summed E-state index contributed by atoms with van der Waals surface area (Å²) in [4.78, 5) is 22.3. The number of rotatable bonds is 3. The van der Waals surface area contributed by atoms with Crippen molar-refractivity contribution < 1.29 is 14.3 Å². The lowest BCUT2D eigenvalue weighted by atomic mass is 10.0. The van der Waals surface area contributed by atoms with Gasteiger partial charge in [0.05, 0.1) is 0 Å². The van der Waals surface area contributed by atoms with E-state index in [1.807, 2.05) is 13.8 Å². The standard InChI is InChI=1S/C10H20N2O3/c1-6(2)7(12-9(11)14)8(13)15-10(3,4)5/h6-7H,1-5H3,(H3,11,12,14)/t7-/m1/s1. The number of urea groups is 1. The third-order valence-corrected chi connectivity index (χ3v) is 1.63. The molecule has 0 aromatic rings. The number of nitrogens with two attached hydrogens (primary N) is 1. The van der Waals surface area contributed by atoms with E-state index in [2.05, 4.69) is 5.32 Å². The lowest BCUT2D eigenvalue weighted by Gasteiger charge is -2.25. The largest absolute Gasteiger partial charge is 0.458 e. The summed E-state index contributed by atoms with van der Waals surface area (Å²) in [5.41, 5.74) is 4.41. The van der Waals surface area contributed by atoms with Crippen molar-refractivity contribution in [2.75, 3.05) is 0 Å². The highest BCUT2D eigenvalue weighted by Crippen LogP contribution is 2.12. The first-order valence-corrected chi connectivity index (χ1v) is 4.92. The molecule has 0 bridgehead atoms. The molecule has 0 aliphatic heterocycles. The number of carbonyl (C=O) groups is 2. The number of carbonyl (C=O) groups excluding carboxylic acids is 2. The summed E-state index contributed by atoms with van der Waals surface area (Å²) in [6.07, 6.45) is 0. The van der Waals surface area contributed by atoms with Gasteiger partial charge in [-0.15, -0.1) is 0 Å². The van der Waals surface area contributed by atoms with Crippen LogP contribution in [0.1, 0.15) is 34.6 Å². The van der Waals surface area contributed by atoms with E-state index in [0.717, 1.165) is 0 Å². The van der Waals surface area contributed by atoms with E-state index in [1.165, 1.54) is 0 Å². The molecule has 3 N–H and O–H groups in total. The summed E-state index contributed by atoms with van der Waals surface area (Å²) in [5.74, 6) is -0.524. The van der Waals surface area contributed by atoms with Crippen LogP contribution in [0.25, 0.3) is 0 Å². The fraction of sp³-hybridized carbons (Fsp3) is 0.800. The zero-order valence-electron chi connectivity index (χ0n) is 9.96. The number of amides is 2. The Morgan fingerprint density at radius 3 is 2.00 bits per heavy atom. The van der Waals surface area contributed by atoms with Gasteiger partial charge in [0.1, 0.15) is 11.6 Å². The van der Waals surface area contributed by atoms with E-state index in [-0.39, 0.29) is 5.92 Å². The van der Waals surface area contributed by atoms with Crippen molar-refractivity contribution in [3.63, 3.8) is 0 Å². The molecule has 5 nitrogen and oxygen atoms in total. The highest BCUT2D eigenvalue weighted by molar-refractivity contribution is 5.83. The minimum Gasteiger partial charge on any atom is -0.458 e. The van der Waals surface area contributed by atoms with E-state index in [4.69, 9.17) is 10.5 Å². The highest BCUT2D eigenvalue weighted by Gasteiger charge is 2.28. The molecular weight excluding hydrogens is 196 g/mol. The molecule has 0 aromatic heterocycles. The van der Waals surface area contributed by atoms with Gasteiger partial charge in [-0.1, -0.05) is 13.8 Å². The molecule has 0 unspecified atom stereocenters. The number of ether oxygens (including phenoxy) is 1. The maximum atomic E-state index is 11.6. The van der Waals surface area contributed by atoms with Gasteiger partial charge < -0.3 is 15.8 Å². The van der Waals surface area contributed by atoms with E-state index >= 15 is 0 Å². The second-order valence-electron chi connectivity index (χ2n) is 4.76. The molecule has 2 amide bonds. The van der Waals surface area contributed by atoms with Crippen LogP contribution >= 0.6 is 0 Å². The Balaban J connectivity index is 4.50. The van der Waals surface area contributed by atoms with Crippen molar-refractivity contribution in [2.24, 2.45) is 11.7 Å². The SMILES string of the molecule is CC(C)[C@@H](NC(N)=O)C(=O)OC(C)(C)C. The average Bonchev–Trinajstić information content (AvgIpc) is 1.95. The maximum Gasteiger partial charge on any atom is 0.329 e. The van der Waals surface area contributed by atoms with Gasteiger partial charge in [-0.3, -0.25) is 0 Å². The topological polar surface area (TPSA) is 81.4 Å². The van der Waals surface area contributed by atoms with Gasteiger partial charge >= 0.3 is 12.0 Å². The van der Waals surface area contributed by atoms with Crippen molar-refractivity contribution >= 4 is 12.0 Å². The van der Waals surface area contributed by atoms with Crippen LogP contribution in [0, 0.1) is 5.92 Å². The Morgan fingerprint density at radius 1 is 1.27 bits per heavy atom. The van der Waals surface area contributed by atoms with Crippen LogP contribution in [0.15, 0.2) is 0 Å². The second-order valence-corrected chi connectivity index (χ2v) is 4.76. The molecule has 5 heteroatoms. The zero-order chi connectivity index (χ0) is 12.2. The lowest BCUT2D eigenvalue weighted by molar-refractivity contribution is -0.158. The molecule has 0 spiro atoms. The monoisotopic (exact) mass is 216 g/mol. The van der Waals surface area contributed by atoms with Gasteiger partial charge in [-0.2, -0.15) is 0 Å². The molecule has 0 fully saturated rings. The Bertz CT molecular complexity index is 244. The summed E-state index contributed by atoms with van der Waals surface area (Å²) in [6, 6.07) is -1.42. The highest BCUT2D eigenvalue weighted by atomic mass is 16.6. The Hall–Kier alpha value is -1.26. The molecule has 0 rings (SSSR count). The van der Waals surface area contributed by atoms with Crippen LogP contribution in [0.5, 0.6) is 0 Å². The predicted molar refractivity (Wildman–Crippen MR) is 57.2 cm³/mol. The molecule has 0 heterocycles. The predicted octanol–water partition coefficient (Wildman–Crippen LogP) is 1.02. The van der Waals surface area contributed by atoms with E-state index in [9.17, 15) is 9.59 Å². The summed E-state index contributed by atoms with van der Waals surface area (Å²) in [7, 11) is 0. The first-order valence-electron chi connectivity index (χ1n) is 4.92. The van der Waals surface area contributed by atoms with Crippen LogP contribution < -0.4 is 11.1 Å². The van der Waals surface area contributed by atoms with Crippen molar-refractivity contribution in [2.45, 2.75) is 46.3 Å². The normalized spacial score (nSPS) is 13.5. The molecule has 15 heavy (non-hydrogen) atoms. The van der Waals surface area contributed by atoms with Crippen LogP contribution in [-0.4, -0.2) is 23.6 Å². The molecular formula is C10H20N2O3. The number of nitrogens with one attached hydrogen (secondary N) is 1. The Kier molecular flexibility index (Phi) is 4.58. The summed E-state index contributed by atoms with van der Waals surface area (Å²) >= 11 is 0. The molecule has 0 saturated heterocycles. The minimum atomic E-state index is -0.723. The molecule has 0 aliphatic rings. The third-order valence-electron chi connectivity index (χ3n) is 1.63. The molecule has 0 radical (unpaired) electrons. The van der Waals surface area contributed by atoms with Crippen molar-refractivity contribution in [1.82, 2.24) is 5.32 Å². The van der Waals surface area contributed by atoms with Crippen LogP contribution in [0.4, 0.5) is 4.79 Å². The van der Waals surface area contributed by atoms with Gasteiger partial charge in [-0.05, 0) is 26.7 Å². The summed E-state index contributed by atoms with van der Waals surface area (Å²) in [6.45, 7) is 8.93. The third kappa shape index (κ3) is 5.93. The van der Waals surface area contributed by atoms with E-state index in [1.54, 1.807) is 20.8 Å². The van der Waals surface area contributed by atoms with Crippen molar-refractivity contribution in [3.05, 3.63) is 0 Å². The zero-order valence-corrected chi connectivity index (χ0v) is 9.96. The lowest BCUT2D eigenvalue weighted by Crippen LogP contribution is -2.49. The van der Waals surface area contributed by atoms with Gasteiger partial charge in [0.25, 0.3) is 0 Å². The van der Waals surface area contributed by atoms with Gasteiger partial charge in [-0.25, -0.2) is 9.59 Å². The first-order chi connectivity index (χ1) is 6.63. The van der Waals surface area contributed by atoms with Crippen LogP contribution in [0.2, 0.25) is 0 Å². The van der Waals surface area contributed by atoms with Crippen LogP contribution in [-0.2, 0) is 9.53 Å². The molecule has 0 saturated carbocycles. The number of primary amides is 1. The Morgan fingerprint density at radius 2 is 1.73 bits per heavy atom.